The first-order valence-corrected chi connectivity index (χ1v) is 18.6. The number of carbonyl (C=O) groups is 2. The lowest BCUT2D eigenvalue weighted by Crippen LogP contribution is -2.46. The van der Waals surface area contributed by atoms with Crippen molar-refractivity contribution >= 4 is 45.4 Å². The zero-order chi connectivity index (χ0) is 37.7. The number of likely N-dealkylation sites (tertiary alicyclic amines) is 1. The summed E-state index contributed by atoms with van der Waals surface area (Å²) < 4.78 is 70.2. The number of halogens is 4. The highest BCUT2D eigenvalue weighted by molar-refractivity contribution is 7.89. The van der Waals surface area contributed by atoms with Crippen LogP contribution in [0.25, 0.3) is 5.73 Å². The molecule has 2 saturated heterocycles. The molecule has 1 aliphatic carbocycles. The van der Waals surface area contributed by atoms with Gasteiger partial charge in [0, 0.05) is 70.9 Å². The molecular weight excluding hydrogens is 731 g/mol. The molecular formula is C34H40ClF3N5O8S-. The first-order valence-electron chi connectivity index (χ1n) is 16.7. The maximum absolute atomic E-state index is 12.8. The Balaban J connectivity index is 0.000000177. The summed E-state index contributed by atoms with van der Waals surface area (Å²) in [5, 5.41) is 16.4. The number of sulfonamides is 1. The minimum absolute atomic E-state index is 0.0125. The number of amides is 1. The van der Waals surface area contributed by atoms with Gasteiger partial charge in [-0.15, -0.1) is 6.54 Å². The van der Waals surface area contributed by atoms with E-state index in [0.29, 0.717) is 57.5 Å². The van der Waals surface area contributed by atoms with E-state index in [1.807, 2.05) is 0 Å². The summed E-state index contributed by atoms with van der Waals surface area (Å²) in [6, 6.07) is 9.01. The third-order valence-corrected chi connectivity index (χ3v) is 11.9. The molecule has 3 fully saturated rings. The minimum atomic E-state index is -4.51. The molecule has 0 radical (unpaired) electrons. The van der Waals surface area contributed by atoms with Crippen molar-refractivity contribution in [1.82, 2.24) is 9.21 Å². The Morgan fingerprint density at radius 2 is 1.65 bits per heavy atom. The number of hydrogen-bond donors (Lipinski definition) is 1. The van der Waals surface area contributed by atoms with Gasteiger partial charge in [-0.05, 0) is 42.5 Å². The van der Waals surface area contributed by atoms with Crippen molar-refractivity contribution in [3.8, 4) is 5.75 Å². The van der Waals surface area contributed by atoms with Gasteiger partial charge in [-0.2, -0.15) is 17.5 Å². The first-order chi connectivity index (χ1) is 24.6. The van der Waals surface area contributed by atoms with E-state index in [1.165, 1.54) is 41.3 Å². The molecule has 284 valence electrons. The summed E-state index contributed by atoms with van der Waals surface area (Å²) in [4.78, 5) is 35.9. The SMILES string of the molecule is COc1ccc(S(=O)(=O)N2CCC3(CC2)CC(C(=O)O)=NO3)cc1.O=C(c1cc(C(F)(F)F)ccc1Cl)N1CCC2(CC=NO2)CC1.[NH-]CC1CC1. The third kappa shape index (κ3) is 9.35. The number of oxime groups is 2. The zero-order valence-electron chi connectivity index (χ0n) is 28.4. The summed E-state index contributed by atoms with van der Waals surface area (Å²) in [7, 11) is -2.08. The van der Waals surface area contributed by atoms with Crippen molar-refractivity contribution in [3.63, 3.8) is 0 Å². The van der Waals surface area contributed by atoms with Crippen molar-refractivity contribution in [2.24, 2.45) is 16.2 Å². The van der Waals surface area contributed by atoms with Crippen molar-refractivity contribution in [2.75, 3.05) is 39.8 Å². The lowest BCUT2D eigenvalue weighted by Gasteiger charge is -2.37. The van der Waals surface area contributed by atoms with Gasteiger partial charge in [-0.1, -0.05) is 40.7 Å². The van der Waals surface area contributed by atoms with Crippen LogP contribution in [-0.2, 0) is 30.7 Å². The number of carbonyl (C=O) groups excluding carboxylic acids is 1. The Labute approximate surface area is 304 Å². The monoisotopic (exact) mass is 770 g/mol. The van der Waals surface area contributed by atoms with Gasteiger partial charge in [0.1, 0.15) is 17.0 Å². The molecule has 4 aliphatic heterocycles. The van der Waals surface area contributed by atoms with E-state index in [0.717, 1.165) is 24.1 Å². The van der Waals surface area contributed by atoms with E-state index in [-0.39, 0.29) is 46.3 Å². The highest BCUT2D eigenvalue weighted by Gasteiger charge is 2.46. The highest BCUT2D eigenvalue weighted by Crippen LogP contribution is 2.37. The molecule has 0 atom stereocenters. The molecule has 1 amide bonds. The van der Waals surface area contributed by atoms with Crippen molar-refractivity contribution < 1.29 is 50.7 Å². The second kappa shape index (κ2) is 16.0. The number of benzene rings is 2. The summed E-state index contributed by atoms with van der Waals surface area (Å²) in [5.41, 5.74) is 4.64. The minimum Gasteiger partial charge on any atom is -0.677 e. The highest BCUT2D eigenvalue weighted by atomic mass is 35.5. The van der Waals surface area contributed by atoms with Gasteiger partial charge in [0.2, 0.25) is 10.0 Å². The van der Waals surface area contributed by atoms with Gasteiger partial charge in [0.25, 0.3) is 5.91 Å². The molecule has 4 heterocycles. The van der Waals surface area contributed by atoms with Gasteiger partial charge >= 0.3 is 12.1 Å². The second-order valence-electron chi connectivity index (χ2n) is 13.3. The first kappa shape index (κ1) is 39.3. The number of carboxylic acid groups (broad SMARTS) is 1. The topological polar surface area (TPSA) is 171 Å². The van der Waals surface area contributed by atoms with E-state index in [9.17, 15) is 31.2 Å². The molecule has 2 aromatic carbocycles. The van der Waals surface area contributed by atoms with Crippen LogP contribution in [0, 0.1) is 5.92 Å². The molecule has 2 spiro atoms. The lowest BCUT2D eigenvalue weighted by atomic mass is 9.88. The largest absolute Gasteiger partial charge is 0.677 e. The van der Waals surface area contributed by atoms with Crippen LogP contribution in [0.4, 0.5) is 13.2 Å². The smallest absolute Gasteiger partial charge is 0.416 e. The Morgan fingerprint density at radius 1 is 1.02 bits per heavy atom. The predicted octanol–water partition coefficient (Wildman–Crippen LogP) is 6.27. The Kier molecular flexibility index (Phi) is 12.1. The number of nitrogens with one attached hydrogen (secondary N) is 1. The molecule has 5 aliphatic rings. The number of aliphatic carboxylic acids is 1. The Hall–Kier alpha value is -3.93. The van der Waals surface area contributed by atoms with E-state index in [1.54, 1.807) is 18.3 Å². The lowest BCUT2D eigenvalue weighted by molar-refractivity contribution is -0.137. The number of piperidine rings is 2. The average Bonchev–Trinajstić information content (AvgIpc) is 3.74. The van der Waals surface area contributed by atoms with Gasteiger partial charge in [0.15, 0.2) is 5.71 Å². The number of ether oxygens (including phenoxy) is 1. The Bertz CT molecular complexity index is 1760. The fourth-order valence-corrected chi connectivity index (χ4v) is 7.74. The van der Waals surface area contributed by atoms with Crippen LogP contribution in [-0.4, -0.2) is 97.6 Å². The maximum atomic E-state index is 12.8. The molecule has 52 heavy (non-hydrogen) atoms. The number of methoxy groups -OCH3 is 1. The third-order valence-electron chi connectivity index (χ3n) is 9.67. The molecule has 0 aromatic heterocycles. The number of alkyl halides is 3. The molecule has 2 N–H and O–H groups in total. The van der Waals surface area contributed by atoms with Crippen molar-refractivity contribution in [3.05, 3.63) is 64.3 Å². The molecule has 13 nitrogen and oxygen atoms in total. The fourth-order valence-electron chi connectivity index (χ4n) is 6.10. The van der Waals surface area contributed by atoms with E-state index < -0.39 is 39.2 Å². The molecule has 1 saturated carbocycles. The summed E-state index contributed by atoms with van der Waals surface area (Å²) >= 11 is 5.92. The van der Waals surface area contributed by atoms with Gasteiger partial charge < -0.3 is 30.2 Å². The average molecular weight is 771 g/mol. The fraction of sp³-hybridized carbons (Fsp3) is 0.529. The standard InChI is InChI=1S/C15H14ClF3N2O2.C15H18N2O6S.C4H8N/c16-12-2-1-10(15(17,18)19)9-11(12)13(22)21-7-4-14(5-8-21)3-6-20-23-14;1-22-11-2-4-12(5-3-11)24(20,21)17-8-6-15(7-9-17)10-13(14(18)19)16-23-15;5-3-4-1-2-4/h1-2,6,9H,3-5,7-8H2;2-5H,6-10H2,1H3,(H,18,19);4-5H,1-3H2/q;;-1. The quantitative estimate of drug-likeness (QED) is 0.358. The van der Waals surface area contributed by atoms with Crippen LogP contribution in [0.3, 0.4) is 0 Å². The molecule has 7 rings (SSSR count). The van der Waals surface area contributed by atoms with Crippen molar-refractivity contribution in [1.29, 1.82) is 0 Å². The number of hydrogen-bond acceptors (Lipinski definition) is 9. The molecule has 18 heteroatoms. The van der Waals surface area contributed by atoms with E-state index in [2.05, 4.69) is 10.3 Å². The van der Waals surface area contributed by atoms with Crippen LogP contribution < -0.4 is 4.74 Å². The maximum Gasteiger partial charge on any atom is 0.416 e. The summed E-state index contributed by atoms with van der Waals surface area (Å²) in [6.45, 7) is 1.98. The van der Waals surface area contributed by atoms with Gasteiger partial charge in [0.05, 0.1) is 28.2 Å². The van der Waals surface area contributed by atoms with Crippen molar-refractivity contribution in [2.45, 2.75) is 73.6 Å². The van der Waals surface area contributed by atoms with E-state index in [4.69, 9.17) is 36.9 Å². The van der Waals surface area contributed by atoms with Crippen LogP contribution in [0.15, 0.2) is 57.7 Å². The van der Waals surface area contributed by atoms with Crippen LogP contribution in [0.1, 0.15) is 67.3 Å². The molecule has 2 aromatic rings. The van der Waals surface area contributed by atoms with Gasteiger partial charge in [-0.3, -0.25) is 4.79 Å². The predicted molar refractivity (Wildman–Crippen MR) is 185 cm³/mol. The molecule has 0 bridgehead atoms. The van der Waals surface area contributed by atoms with Crippen LogP contribution in [0.2, 0.25) is 5.02 Å². The zero-order valence-corrected chi connectivity index (χ0v) is 30.0. The van der Waals surface area contributed by atoms with E-state index >= 15 is 0 Å². The normalized spacial score (nSPS) is 20.5. The number of rotatable bonds is 6. The number of nitrogens with zero attached hydrogens (tertiary/aromatic N) is 4. The van der Waals surface area contributed by atoms with Gasteiger partial charge in [-0.25, -0.2) is 13.2 Å². The number of carboxylic acids is 1. The Morgan fingerprint density at radius 3 is 2.13 bits per heavy atom. The summed E-state index contributed by atoms with van der Waals surface area (Å²) in [6.07, 6.45) is 2.73. The van der Waals surface area contributed by atoms with Crippen LogP contribution >= 0.6 is 11.6 Å². The van der Waals surface area contributed by atoms with Crippen LogP contribution in [0.5, 0.6) is 5.75 Å². The second-order valence-corrected chi connectivity index (χ2v) is 15.6. The molecule has 0 unspecified atom stereocenters. The summed E-state index contributed by atoms with van der Waals surface area (Å²) in [5.74, 6) is -0.200.